The van der Waals surface area contributed by atoms with Gasteiger partial charge in [0.25, 0.3) is 0 Å². The second kappa shape index (κ2) is 8.67. The second-order valence-electron chi connectivity index (χ2n) is 10.4. The van der Waals surface area contributed by atoms with Crippen LogP contribution >= 0.6 is 11.8 Å². The Balaban J connectivity index is 2.10. The second-order valence-corrected chi connectivity index (χ2v) is 11.3. The average Bonchev–Trinajstić information content (AvgIpc) is 2.67. The van der Waals surface area contributed by atoms with Gasteiger partial charge in [-0.1, -0.05) is 65.3 Å². The van der Waals surface area contributed by atoms with E-state index in [0.717, 1.165) is 12.8 Å². The normalized spacial score (nSPS) is 14.9. The summed E-state index contributed by atoms with van der Waals surface area (Å²) in [5.41, 5.74) is 8.45. The van der Waals surface area contributed by atoms with Crippen molar-refractivity contribution in [3.63, 3.8) is 0 Å². The summed E-state index contributed by atoms with van der Waals surface area (Å²) in [6.45, 7) is 15.9. The molecule has 1 nitrogen and oxygen atoms in total. The van der Waals surface area contributed by atoms with Gasteiger partial charge in [0.1, 0.15) is 0 Å². The molecular weight excluding hydrogens is 382 g/mol. The quantitative estimate of drug-likeness (QED) is 0.455. The van der Waals surface area contributed by atoms with Crippen molar-refractivity contribution in [2.75, 3.05) is 11.2 Å². The molecule has 0 saturated heterocycles. The molecule has 0 aromatic heterocycles. The third kappa shape index (κ3) is 5.21. The van der Waals surface area contributed by atoms with E-state index in [4.69, 9.17) is 0 Å². The molecule has 0 fully saturated rings. The minimum Gasteiger partial charge on any atom is -0.314 e. The number of benzene rings is 2. The largest absolute Gasteiger partial charge is 0.314 e. The predicted molar refractivity (Wildman–Crippen MR) is 135 cm³/mol. The molecule has 0 radical (unpaired) electrons. The molecule has 160 valence electrons. The van der Waals surface area contributed by atoms with E-state index in [1.807, 2.05) is 11.8 Å². The van der Waals surface area contributed by atoms with Crippen molar-refractivity contribution < 1.29 is 0 Å². The van der Waals surface area contributed by atoms with Gasteiger partial charge in [-0.3, -0.25) is 0 Å². The first kappa shape index (κ1) is 22.7. The van der Waals surface area contributed by atoms with Gasteiger partial charge in [0.2, 0.25) is 0 Å². The first-order valence-corrected chi connectivity index (χ1v) is 12.2. The summed E-state index contributed by atoms with van der Waals surface area (Å²) in [7, 11) is 0. The fourth-order valence-corrected chi connectivity index (χ4v) is 4.55. The number of anilines is 2. The molecule has 0 bridgehead atoms. The Hall–Kier alpha value is -1.93. The van der Waals surface area contributed by atoms with E-state index in [1.54, 1.807) is 0 Å². The van der Waals surface area contributed by atoms with Crippen molar-refractivity contribution >= 4 is 23.1 Å². The summed E-state index contributed by atoms with van der Waals surface area (Å²) in [6.07, 6.45) is 9.02. The monoisotopic (exact) mass is 419 g/mol. The van der Waals surface area contributed by atoms with Gasteiger partial charge in [0, 0.05) is 22.0 Å². The summed E-state index contributed by atoms with van der Waals surface area (Å²) in [6, 6.07) is 16.0. The highest BCUT2D eigenvalue weighted by Gasteiger charge is 2.23. The lowest BCUT2D eigenvalue weighted by molar-refractivity contribution is 0.479. The van der Waals surface area contributed by atoms with E-state index in [1.165, 1.54) is 38.7 Å². The fourth-order valence-electron chi connectivity index (χ4n) is 4.00. The van der Waals surface area contributed by atoms with Crippen molar-refractivity contribution in [2.45, 2.75) is 71.6 Å². The lowest BCUT2D eigenvalue weighted by atomic mass is 9.81. The number of nitrogens with zero attached hydrogens (tertiary/aromatic N) is 1. The third-order valence-electron chi connectivity index (χ3n) is 5.90. The number of aryl methyl sites for hydroxylation is 1. The van der Waals surface area contributed by atoms with Crippen molar-refractivity contribution in [3.05, 3.63) is 77.0 Å². The fraction of sp³-hybridized carbons (Fsp3) is 0.429. The Bertz CT molecular complexity index is 950. The molecule has 2 aromatic rings. The van der Waals surface area contributed by atoms with Gasteiger partial charge >= 0.3 is 0 Å². The first-order valence-electron chi connectivity index (χ1n) is 11.0. The third-order valence-corrected chi connectivity index (χ3v) is 6.61. The molecule has 0 N–H and O–H groups in total. The predicted octanol–water partition coefficient (Wildman–Crippen LogP) is 8.80. The van der Waals surface area contributed by atoms with Crippen LogP contribution in [0.1, 0.15) is 65.5 Å². The molecule has 3 rings (SSSR count). The van der Waals surface area contributed by atoms with Crippen LogP contribution in [0.15, 0.2) is 70.8 Å². The highest BCUT2D eigenvalue weighted by atomic mass is 32.2. The van der Waals surface area contributed by atoms with Crippen LogP contribution < -0.4 is 4.90 Å². The van der Waals surface area contributed by atoms with Crippen LogP contribution in [0.4, 0.5) is 11.4 Å². The summed E-state index contributed by atoms with van der Waals surface area (Å²) >= 11 is 1.81. The molecule has 0 aliphatic heterocycles. The molecule has 30 heavy (non-hydrogen) atoms. The molecule has 0 atom stereocenters. The van der Waals surface area contributed by atoms with E-state index >= 15 is 0 Å². The topological polar surface area (TPSA) is 3.24 Å². The molecule has 0 heterocycles. The molecule has 1 aliphatic rings. The molecule has 2 aromatic carbocycles. The lowest BCUT2D eigenvalue weighted by Crippen LogP contribution is -2.20. The maximum absolute atomic E-state index is 2.45. The van der Waals surface area contributed by atoms with Crippen LogP contribution in [-0.4, -0.2) is 6.26 Å². The molecule has 0 saturated carbocycles. The van der Waals surface area contributed by atoms with Crippen molar-refractivity contribution in [2.24, 2.45) is 5.41 Å². The zero-order valence-electron chi connectivity index (χ0n) is 20.0. The molecule has 0 amide bonds. The minimum absolute atomic E-state index is 0.160. The minimum atomic E-state index is 0.160. The highest BCUT2D eigenvalue weighted by Crippen LogP contribution is 2.40. The molecule has 1 aliphatic carbocycles. The Morgan fingerprint density at radius 2 is 1.43 bits per heavy atom. The van der Waals surface area contributed by atoms with Crippen LogP contribution in [0.25, 0.3) is 0 Å². The molecule has 0 spiro atoms. The van der Waals surface area contributed by atoms with E-state index in [-0.39, 0.29) is 10.8 Å². The van der Waals surface area contributed by atoms with Crippen molar-refractivity contribution in [1.29, 1.82) is 0 Å². The zero-order chi connectivity index (χ0) is 22.1. The zero-order valence-corrected chi connectivity index (χ0v) is 20.8. The van der Waals surface area contributed by atoms with Crippen LogP contribution in [0.5, 0.6) is 0 Å². The maximum Gasteiger partial charge on any atom is 0.0472 e. The molecular formula is C28H37NS. The molecule has 2 heteroatoms. The van der Waals surface area contributed by atoms with E-state index in [9.17, 15) is 0 Å². The van der Waals surface area contributed by atoms with E-state index in [2.05, 4.69) is 114 Å². The summed E-state index contributed by atoms with van der Waals surface area (Å²) in [5, 5.41) is 0. The van der Waals surface area contributed by atoms with E-state index in [0.29, 0.717) is 0 Å². The number of rotatable bonds is 4. The first-order chi connectivity index (χ1) is 14.0. The smallest absolute Gasteiger partial charge is 0.0472 e. The van der Waals surface area contributed by atoms with Crippen LogP contribution in [0.3, 0.4) is 0 Å². The molecule has 0 unspecified atom stereocenters. The Morgan fingerprint density at radius 1 is 0.767 bits per heavy atom. The average molecular weight is 420 g/mol. The van der Waals surface area contributed by atoms with Gasteiger partial charge in [-0.05, 0) is 84.4 Å². The summed E-state index contributed by atoms with van der Waals surface area (Å²) in [5.74, 6) is 0. The number of thioether (sulfide) groups is 1. The van der Waals surface area contributed by atoms with Gasteiger partial charge in [-0.15, -0.1) is 11.8 Å². The Morgan fingerprint density at radius 3 is 1.93 bits per heavy atom. The number of allylic oxidation sites excluding steroid dienone is 4. The summed E-state index contributed by atoms with van der Waals surface area (Å²) in [4.78, 5) is 3.76. The Labute approximate surface area is 188 Å². The lowest BCUT2D eigenvalue weighted by Gasteiger charge is -2.33. The number of hydrogen-bond acceptors (Lipinski definition) is 2. The van der Waals surface area contributed by atoms with Gasteiger partial charge in [0.05, 0.1) is 0 Å². The van der Waals surface area contributed by atoms with Gasteiger partial charge in [-0.25, -0.2) is 0 Å². The summed E-state index contributed by atoms with van der Waals surface area (Å²) < 4.78 is 0. The van der Waals surface area contributed by atoms with Gasteiger partial charge < -0.3 is 4.90 Å². The van der Waals surface area contributed by atoms with Gasteiger partial charge in [-0.2, -0.15) is 0 Å². The standard InChI is InChI=1S/C28H37NS/c1-20-17-25(19-26(18-20)30-8)29(23-13-9-21(10-14-23)27(2,3)4)24-15-11-22(12-16-24)28(5,6)7/h9-11,13-15,17-19H,12,16H2,1-8H3. The van der Waals surface area contributed by atoms with Gasteiger partial charge in [0.15, 0.2) is 0 Å². The van der Waals surface area contributed by atoms with Crippen LogP contribution in [0, 0.1) is 12.3 Å². The van der Waals surface area contributed by atoms with Crippen molar-refractivity contribution in [3.8, 4) is 0 Å². The maximum atomic E-state index is 2.45. The van der Waals surface area contributed by atoms with Crippen LogP contribution in [-0.2, 0) is 5.41 Å². The van der Waals surface area contributed by atoms with Crippen molar-refractivity contribution in [1.82, 2.24) is 0 Å². The SMILES string of the molecule is CSc1cc(C)cc(N(C2=CC=C(C(C)(C)C)CC2)c2ccc(C(C)(C)C)cc2)c1. The number of hydrogen-bond donors (Lipinski definition) is 0. The Kier molecular flexibility index (Phi) is 6.57. The van der Waals surface area contributed by atoms with Crippen LogP contribution in [0.2, 0.25) is 0 Å². The highest BCUT2D eigenvalue weighted by molar-refractivity contribution is 7.98. The van der Waals surface area contributed by atoms with E-state index < -0.39 is 0 Å².